The van der Waals surface area contributed by atoms with Crippen LogP contribution in [0.5, 0.6) is 0 Å². The standard InChI is InChI=1S/C10H24N2O/c1-8(2)12(9(3)4)10(5)6-7-13-11/h8-10H,6-7,11H2,1-5H3. The van der Waals surface area contributed by atoms with Gasteiger partial charge in [0, 0.05) is 18.1 Å². The van der Waals surface area contributed by atoms with Gasteiger partial charge in [0.2, 0.25) is 0 Å². The molecule has 2 N–H and O–H groups in total. The van der Waals surface area contributed by atoms with Gasteiger partial charge in [0.05, 0.1) is 6.61 Å². The molecular formula is C10H24N2O. The number of hydrogen-bond donors (Lipinski definition) is 1. The van der Waals surface area contributed by atoms with E-state index in [1.54, 1.807) is 0 Å². The van der Waals surface area contributed by atoms with Gasteiger partial charge in [0.25, 0.3) is 0 Å². The van der Waals surface area contributed by atoms with Crippen LogP contribution in [0.25, 0.3) is 0 Å². The van der Waals surface area contributed by atoms with E-state index in [1.165, 1.54) is 0 Å². The van der Waals surface area contributed by atoms with Crippen LogP contribution in [-0.2, 0) is 4.84 Å². The second-order valence-electron chi connectivity index (χ2n) is 4.14. The van der Waals surface area contributed by atoms with Crippen molar-refractivity contribution in [3.8, 4) is 0 Å². The Morgan fingerprint density at radius 2 is 1.54 bits per heavy atom. The van der Waals surface area contributed by atoms with Crippen LogP contribution in [0.15, 0.2) is 0 Å². The molecule has 0 saturated heterocycles. The molecule has 0 aromatic carbocycles. The predicted molar refractivity (Wildman–Crippen MR) is 56.3 cm³/mol. The maximum atomic E-state index is 5.01. The maximum Gasteiger partial charge on any atom is 0.0694 e. The van der Waals surface area contributed by atoms with Gasteiger partial charge in [-0.3, -0.25) is 4.90 Å². The zero-order chi connectivity index (χ0) is 10.4. The molecule has 3 nitrogen and oxygen atoms in total. The van der Waals surface area contributed by atoms with Crippen LogP contribution >= 0.6 is 0 Å². The minimum absolute atomic E-state index is 0.531. The molecule has 0 aliphatic rings. The summed E-state index contributed by atoms with van der Waals surface area (Å²) in [4.78, 5) is 7.07. The van der Waals surface area contributed by atoms with Crippen molar-refractivity contribution in [2.75, 3.05) is 6.61 Å². The van der Waals surface area contributed by atoms with E-state index in [-0.39, 0.29) is 0 Å². The topological polar surface area (TPSA) is 38.5 Å². The Morgan fingerprint density at radius 3 is 1.85 bits per heavy atom. The Kier molecular flexibility index (Phi) is 6.29. The third-order valence-corrected chi connectivity index (χ3v) is 2.36. The van der Waals surface area contributed by atoms with Crippen LogP contribution in [0.1, 0.15) is 41.0 Å². The van der Waals surface area contributed by atoms with E-state index in [0.29, 0.717) is 24.7 Å². The van der Waals surface area contributed by atoms with Crippen molar-refractivity contribution in [2.24, 2.45) is 5.90 Å². The van der Waals surface area contributed by atoms with E-state index in [0.717, 1.165) is 6.42 Å². The Labute approximate surface area is 82.2 Å². The lowest BCUT2D eigenvalue weighted by atomic mass is 10.1. The van der Waals surface area contributed by atoms with Gasteiger partial charge in [-0.1, -0.05) is 0 Å². The van der Waals surface area contributed by atoms with Crippen molar-refractivity contribution in [3.63, 3.8) is 0 Å². The third-order valence-electron chi connectivity index (χ3n) is 2.36. The average Bonchev–Trinajstić information content (AvgIpc) is 1.99. The number of rotatable bonds is 6. The normalized spacial score (nSPS) is 14.5. The summed E-state index contributed by atoms with van der Waals surface area (Å²) in [5, 5.41) is 0. The molecule has 0 aromatic rings. The molecule has 0 aromatic heterocycles. The van der Waals surface area contributed by atoms with E-state index in [2.05, 4.69) is 44.4 Å². The minimum Gasteiger partial charge on any atom is -0.305 e. The molecule has 0 bridgehead atoms. The molecule has 0 radical (unpaired) electrons. The molecule has 0 amide bonds. The zero-order valence-electron chi connectivity index (χ0n) is 9.58. The minimum atomic E-state index is 0.531. The van der Waals surface area contributed by atoms with Gasteiger partial charge in [0.15, 0.2) is 0 Å². The number of hydrogen-bond acceptors (Lipinski definition) is 3. The molecular weight excluding hydrogens is 164 g/mol. The second kappa shape index (κ2) is 6.35. The molecule has 1 atom stereocenters. The smallest absolute Gasteiger partial charge is 0.0694 e. The van der Waals surface area contributed by atoms with E-state index >= 15 is 0 Å². The first-order valence-corrected chi connectivity index (χ1v) is 5.09. The van der Waals surface area contributed by atoms with Crippen LogP contribution in [0.4, 0.5) is 0 Å². The Balaban J connectivity index is 4.04. The first-order chi connectivity index (χ1) is 6.00. The highest BCUT2D eigenvalue weighted by molar-refractivity contribution is 4.74. The van der Waals surface area contributed by atoms with Crippen molar-refractivity contribution >= 4 is 0 Å². The van der Waals surface area contributed by atoms with Crippen LogP contribution in [0, 0.1) is 0 Å². The zero-order valence-corrected chi connectivity index (χ0v) is 9.58. The van der Waals surface area contributed by atoms with Gasteiger partial charge in [-0.15, -0.1) is 0 Å². The summed E-state index contributed by atoms with van der Waals surface area (Å²) < 4.78 is 0. The summed E-state index contributed by atoms with van der Waals surface area (Å²) in [7, 11) is 0. The molecule has 0 rings (SSSR count). The summed E-state index contributed by atoms with van der Waals surface area (Å²) in [5.74, 6) is 5.01. The fourth-order valence-corrected chi connectivity index (χ4v) is 2.00. The summed E-state index contributed by atoms with van der Waals surface area (Å²) in [6, 6.07) is 1.68. The summed E-state index contributed by atoms with van der Waals surface area (Å²) >= 11 is 0. The maximum absolute atomic E-state index is 5.01. The second-order valence-corrected chi connectivity index (χ2v) is 4.14. The Morgan fingerprint density at radius 1 is 1.08 bits per heavy atom. The van der Waals surface area contributed by atoms with Crippen molar-refractivity contribution in [3.05, 3.63) is 0 Å². The lowest BCUT2D eigenvalue weighted by Crippen LogP contribution is -2.44. The summed E-state index contributed by atoms with van der Waals surface area (Å²) in [6.07, 6.45) is 0.993. The van der Waals surface area contributed by atoms with Crippen molar-refractivity contribution in [1.29, 1.82) is 0 Å². The average molecular weight is 188 g/mol. The molecule has 1 unspecified atom stereocenters. The monoisotopic (exact) mass is 188 g/mol. The van der Waals surface area contributed by atoms with Crippen molar-refractivity contribution in [2.45, 2.75) is 59.2 Å². The molecule has 0 fully saturated rings. The molecule has 0 heterocycles. The molecule has 0 aliphatic carbocycles. The third kappa shape index (κ3) is 4.60. The van der Waals surface area contributed by atoms with Gasteiger partial charge in [-0.2, -0.15) is 0 Å². The van der Waals surface area contributed by atoms with Gasteiger partial charge in [0.1, 0.15) is 0 Å². The molecule has 0 saturated carbocycles. The van der Waals surface area contributed by atoms with Gasteiger partial charge >= 0.3 is 0 Å². The predicted octanol–water partition coefficient (Wildman–Crippen LogP) is 1.77. The van der Waals surface area contributed by atoms with Crippen molar-refractivity contribution < 1.29 is 4.84 Å². The first kappa shape index (κ1) is 12.9. The van der Waals surface area contributed by atoms with Gasteiger partial charge in [-0.25, -0.2) is 5.90 Å². The Bertz CT molecular complexity index is 118. The van der Waals surface area contributed by atoms with Crippen LogP contribution in [-0.4, -0.2) is 29.6 Å². The van der Waals surface area contributed by atoms with Gasteiger partial charge < -0.3 is 4.84 Å². The Hall–Kier alpha value is -0.120. The van der Waals surface area contributed by atoms with Crippen molar-refractivity contribution in [1.82, 2.24) is 4.90 Å². The van der Waals surface area contributed by atoms with Crippen LogP contribution in [0.2, 0.25) is 0 Å². The summed E-state index contributed by atoms with van der Waals surface area (Å²) in [6.45, 7) is 11.7. The molecule has 13 heavy (non-hydrogen) atoms. The fourth-order valence-electron chi connectivity index (χ4n) is 2.00. The van der Waals surface area contributed by atoms with E-state index in [9.17, 15) is 0 Å². The molecule has 80 valence electrons. The first-order valence-electron chi connectivity index (χ1n) is 5.09. The molecule has 0 spiro atoms. The van der Waals surface area contributed by atoms with E-state index in [4.69, 9.17) is 5.90 Å². The molecule has 0 aliphatic heterocycles. The number of nitrogens with two attached hydrogens (primary N) is 1. The SMILES string of the molecule is CC(C)N(C(C)C)C(C)CCON. The van der Waals surface area contributed by atoms with E-state index < -0.39 is 0 Å². The lowest BCUT2D eigenvalue weighted by molar-refractivity contribution is 0.0735. The largest absolute Gasteiger partial charge is 0.305 e. The fraction of sp³-hybridized carbons (Fsp3) is 1.00. The van der Waals surface area contributed by atoms with E-state index in [1.807, 2.05) is 0 Å². The highest BCUT2D eigenvalue weighted by Crippen LogP contribution is 2.12. The van der Waals surface area contributed by atoms with Crippen LogP contribution in [0.3, 0.4) is 0 Å². The highest BCUT2D eigenvalue weighted by atomic mass is 16.6. The number of nitrogens with zero attached hydrogens (tertiary/aromatic N) is 1. The highest BCUT2D eigenvalue weighted by Gasteiger charge is 2.19. The van der Waals surface area contributed by atoms with Gasteiger partial charge in [-0.05, 0) is 41.0 Å². The molecule has 3 heteroatoms. The summed E-state index contributed by atoms with van der Waals surface area (Å²) in [5.41, 5.74) is 0. The van der Waals surface area contributed by atoms with Crippen LogP contribution < -0.4 is 5.90 Å². The quantitative estimate of drug-likeness (QED) is 0.646. The lowest BCUT2D eigenvalue weighted by Gasteiger charge is -2.36.